The van der Waals surface area contributed by atoms with Crippen molar-refractivity contribution in [2.75, 3.05) is 19.8 Å². The van der Waals surface area contributed by atoms with Crippen LogP contribution in [-0.2, 0) is 0 Å². The van der Waals surface area contributed by atoms with Gasteiger partial charge in [-0.15, -0.1) is 0 Å². The number of rotatable bonds is 9. The van der Waals surface area contributed by atoms with Gasteiger partial charge in [-0.1, -0.05) is 13.8 Å². The Labute approximate surface area is 110 Å². The molecule has 0 bridgehead atoms. The highest BCUT2D eigenvalue weighted by molar-refractivity contribution is 5.31. The Morgan fingerprint density at radius 2 is 1.61 bits per heavy atom. The molecule has 0 spiro atoms. The van der Waals surface area contributed by atoms with Crippen LogP contribution in [0.3, 0.4) is 0 Å². The second-order valence-corrected chi connectivity index (χ2v) is 4.49. The fourth-order valence-electron chi connectivity index (χ4n) is 1.52. The molecule has 0 aliphatic carbocycles. The standard InChI is InChI=1S/C15H25NO2/c1-4-10-16-13(3)12-18-15-8-6-14(7-9-15)17-11-5-2/h6-9,13,16H,4-5,10-12H2,1-3H3. The van der Waals surface area contributed by atoms with Crippen LogP contribution in [0, 0.1) is 0 Å². The minimum Gasteiger partial charge on any atom is -0.494 e. The monoisotopic (exact) mass is 251 g/mol. The van der Waals surface area contributed by atoms with Crippen LogP contribution in [0.25, 0.3) is 0 Å². The number of nitrogens with one attached hydrogen (secondary N) is 1. The van der Waals surface area contributed by atoms with Crippen LogP contribution in [0.5, 0.6) is 11.5 Å². The first kappa shape index (κ1) is 14.8. The minimum atomic E-state index is 0.376. The smallest absolute Gasteiger partial charge is 0.119 e. The zero-order valence-electron chi connectivity index (χ0n) is 11.7. The molecule has 1 unspecified atom stereocenters. The van der Waals surface area contributed by atoms with E-state index in [-0.39, 0.29) is 0 Å². The highest BCUT2D eigenvalue weighted by Crippen LogP contribution is 2.17. The molecule has 18 heavy (non-hydrogen) atoms. The maximum absolute atomic E-state index is 5.71. The molecule has 102 valence electrons. The SMILES string of the molecule is CCCNC(C)COc1ccc(OCCC)cc1. The van der Waals surface area contributed by atoms with Crippen molar-refractivity contribution in [1.82, 2.24) is 5.32 Å². The molecule has 1 N–H and O–H groups in total. The van der Waals surface area contributed by atoms with Crippen molar-refractivity contribution >= 4 is 0 Å². The van der Waals surface area contributed by atoms with Gasteiger partial charge in [0.1, 0.15) is 18.1 Å². The van der Waals surface area contributed by atoms with E-state index < -0.39 is 0 Å². The average molecular weight is 251 g/mol. The quantitative estimate of drug-likeness (QED) is 0.731. The topological polar surface area (TPSA) is 30.5 Å². The van der Waals surface area contributed by atoms with E-state index in [0.717, 1.165) is 37.5 Å². The molecule has 0 saturated carbocycles. The van der Waals surface area contributed by atoms with E-state index in [4.69, 9.17) is 9.47 Å². The maximum Gasteiger partial charge on any atom is 0.119 e. The van der Waals surface area contributed by atoms with E-state index in [1.807, 2.05) is 24.3 Å². The van der Waals surface area contributed by atoms with Crippen LogP contribution in [0.2, 0.25) is 0 Å². The molecule has 3 nitrogen and oxygen atoms in total. The lowest BCUT2D eigenvalue weighted by molar-refractivity contribution is 0.272. The molecular weight excluding hydrogens is 226 g/mol. The summed E-state index contributed by atoms with van der Waals surface area (Å²) in [5, 5.41) is 3.39. The number of ether oxygens (including phenoxy) is 2. The van der Waals surface area contributed by atoms with E-state index >= 15 is 0 Å². The van der Waals surface area contributed by atoms with E-state index in [1.54, 1.807) is 0 Å². The predicted octanol–water partition coefficient (Wildman–Crippen LogP) is 3.24. The van der Waals surface area contributed by atoms with Gasteiger partial charge in [-0.2, -0.15) is 0 Å². The molecule has 0 saturated heterocycles. The summed E-state index contributed by atoms with van der Waals surface area (Å²) < 4.78 is 11.2. The zero-order valence-corrected chi connectivity index (χ0v) is 11.7. The summed E-state index contributed by atoms with van der Waals surface area (Å²) >= 11 is 0. The molecule has 0 amide bonds. The normalized spacial score (nSPS) is 12.2. The van der Waals surface area contributed by atoms with Crippen LogP contribution in [-0.4, -0.2) is 25.8 Å². The number of hydrogen-bond donors (Lipinski definition) is 1. The van der Waals surface area contributed by atoms with Gasteiger partial charge < -0.3 is 14.8 Å². The fourth-order valence-corrected chi connectivity index (χ4v) is 1.52. The van der Waals surface area contributed by atoms with Gasteiger partial charge in [-0.25, -0.2) is 0 Å². The van der Waals surface area contributed by atoms with Crippen LogP contribution < -0.4 is 14.8 Å². The molecule has 0 heterocycles. The summed E-state index contributed by atoms with van der Waals surface area (Å²) in [6.07, 6.45) is 2.17. The Bertz CT molecular complexity index is 311. The Morgan fingerprint density at radius 3 is 2.17 bits per heavy atom. The molecule has 0 radical (unpaired) electrons. The number of benzene rings is 1. The molecule has 3 heteroatoms. The van der Waals surface area contributed by atoms with E-state index in [9.17, 15) is 0 Å². The summed E-state index contributed by atoms with van der Waals surface area (Å²) in [6.45, 7) is 8.88. The van der Waals surface area contributed by atoms with Crippen LogP contribution in [0.1, 0.15) is 33.6 Å². The summed E-state index contributed by atoms with van der Waals surface area (Å²) in [4.78, 5) is 0. The largest absolute Gasteiger partial charge is 0.494 e. The van der Waals surface area contributed by atoms with Crippen molar-refractivity contribution in [3.8, 4) is 11.5 Å². The van der Waals surface area contributed by atoms with Gasteiger partial charge in [0.15, 0.2) is 0 Å². The van der Waals surface area contributed by atoms with Gasteiger partial charge in [0, 0.05) is 6.04 Å². The van der Waals surface area contributed by atoms with Gasteiger partial charge in [-0.3, -0.25) is 0 Å². The third-order valence-corrected chi connectivity index (χ3v) is 2.54. The lowest BCUT2D eigenvalue weighted by Gasteiger charge is -2.14. The Kier molecular flexibility index (Phi) is 7.26. The minimum absolute atomic E-state index is 0.376. The van der Waals surface area contributed by atoms with Crippen LogP contribution in [0.15, 0.2) is 24.3 Å². The third-order valence-electron chi connectivity index (χ3n) is 2.54. The number of hydrogen-bond acceptors (Lipinski definition) is 3. The molecule has 0 fully saturated rings. The van der Waals surface area contributed by atoms with Crippen molar-refractivity contribution in [2.45, 2.75) is 39.7 Å². The summed E-state index contributed by atoms with van der Waals surface area (Å²) in [5.74, 6) is 1.80. The van der Waals surface area contributed by atoms with Gasteiger partial charge in [0.2, 0.25) is 0 Å². The van der Waals surface area contributed by atoms with Gasteiger partial charge >= 0.3 is 0 Å². The first-order chi connectivity index (χ1) is 8.76. The van der Waals surface area contributed by atoms with E-state index in [0.29, 0.717) is 12.6 Å². The lowest BCUT2D eigenvalue weighted by Crippen LogP contribution is -2.32. The zero-order chi connectivity index (χ0) is 13.2. The Morgan fingerprint density at radius 1 is 1.00 bits per heavy atom. The van der Waals surface area contributed by atoms with E-state index in [2.05, 4.69) is 26.1 Å². The molecule has 0 aliphatic heterocycles. The van der Waals surface area contributed by atoms with Gasteiger partial charge in [0.25, 0.3) is 0 Å². The molecule has 1 aromatic carbocycles. The molecule has 1 aromatic rings. The van der Waals surface area contributed by atoms with Crippen molar-refractivity contribution in [3.63, 3.8) is 0 Å². The van der Waals surface area contributed by atoms with Crippen molar-refractivity contribution < 1.29 is 9.47 Å². The first-order valence-electron chi connectivity index (χ1n) is 6.85. The average Bonchev–Trinajstić information content (AvgIpc) is 2.41. The first-order valence-corrected chi connectivity index (χ1v) is 6.85. The van der Waals surface area contributed by atoms with Crippen molar-refractivity contribution in [2.24, 2.45) is 0 Å². The van der Waals surface area contributed by atoms with Crippen LogP contribution >= 0.6 is 0 Å². The fraction of sp³-hybridized carbons (Fsp3) is 0.600. The third kappa shape index (κ3) is 5.92. The van der Waals surface area contributed by atoms with E-state index in [1.165, 1.54) is 0 Å². The molecular formula is C15H25NO2. The molecule has 1 rings (SSSR count). The Hall–Kier alpha value is -1.22. The summed E-state index contributed by atoms with van der Waals surface area (Å²) in [6, 6.07) is 8.19. The van der Waals surface area contributed by atoms with Crippen molar-refractivity contribution in [3.05, 3.63) is 24.3 Å². The van der Waals surface area contributed by atoms with Gasteiger partial charge in [-0.05, 0) is 50.6 Å². The molecule has 0 aliphatic rings. The summed E-state index contributed by atoms with van der Waals surface area (Å²) in [5.41, 5.74) is 0. The maximum atomic E-state index is 5.71. The second kappa shape index (κ2) is 8.81. The highest BCUT2D eigenvalue weighted by Gasteiger charge is 2.02. The highest BCUT2D eigenvalue weighted by atomic mass is 16.5. The molecule has 1 atom stereocenters. The van der Waals surface area contributed by atoms with Crippen LogP contribution in [0.4, 0.5) is 0 Å². The molecule has 0 aromatic heterocycles. The lowest BCUT2D eigenvalue weighted by atomic mass is 10.3. The summed E-state index contributed by atoms with van der Waals surface area (Å²) in [7, 11) is 0. The van der Waals surface area contributed by atoms with Gasteiger partial charge in [0.05, 0.1) is 6.61 Å². The Balaban J connectivity index is 2.30. The predicted molar refractivity (Wildman–Crippen MR) is 75.5 cm³/mol. The second-order valence-electron chi connectivity index (χ2n) is 4.49. The van der Waals surface area contributed by atoms with Crippen molar-refractivity contribution in [1.29, 1.82) is 0 Å².